The first-order chi connectivity index (χ1) is 17.2. The van der Waals surface area contributed by atoms with Crippen LogP contribution < -0.4 is 10.6 Å². The molecule has 0 spiro atoms. The molecule has 0 unspecified atom stereocenters. The van der Waals surface area contributed by atoms with Gasteiger partial charge < -0.3 is 20.5 Å². The Morgan fingerprint density at radius 3 is 2.56 bits per heavy atom. The molecule has 1 fully saturated rings. The first-order valence-corrected chi connectivity index (χ1v) is 12.4. The van der Waals surface area contributed by atoms with Gasteiger partial charge in [0.1, 0.15) is 5.82 Å². The van der Waals surface area contributed by atoms with Gasteiger partial charge in [-0.3, -0.25) is 9.59 Å². The third kappa shape index (κ3) is 4.46. The third-order valence-electron chi connectivity index (χ3n) is 7.12. The van der Waals surface area contributed by atoms with Gasteiger partial charge in [0.25, 0.3) is 5.91 Å². The van der Waals surface area contributed by atoms with Gasteiger partial charge in [-0.1, -0.05) is 24.3 Å². The van der Waals surface area contributed by atoms with E-state index in [0.29, 0.717) is 36.3 Å². The van der Waals surface area contributed by atoms with E-state index in [4.69, 9.17) is 0 Å². The molecule has 2 aliphatic heterocycles. The maximum atomic E-state index is 14.0. The molecule has 2 amide bonds. The van der Waals surface area contributed by atoms with Crippen molar-refractivity contribution in [3.8, 4) is 11.1 Å². The Hall–Kier alpha value is -3.71. The highest BCUT2D eigenvalue weighted by Crippen LogP contribution is 2.41. The number of hydrogen-bond acceptors (Lipinski definition) is 3. The summed E-state index contributed by atoms with van der Waals surface area (Å²) in [7, 11) is 0. The van der Waals surface area contributed by atoms with Gasteiger partial charge in [-0.2, -0.15) is 0 Å². The summed E-state index contributed by atoms with van der Waals surface area (Å²) in [6, 6.07) is 12.5. The largest absolute Gasteiger partial charge is 0.359 e. The zero-order valence-corrected chi connectivity index (χ0v) is 21.0. The molecule has 5 rings (SSSR count). The van der Waals surface area contributed by atoms with Crippen LogP contribution in [0.5, 0.6) is 0 Å². The number of nitrogens with one attached hydrogen (secondary N) is 3. The van der Waals surface area contributed by atoms with Crippen molar-refractivity contribution in [2.24, 2.45) is 0 Å². The third-order valence-corrected chi connectivity index (χ3v) is 7.12. The van der Waals surface area contributed by atoms with Crippen molar-refractivity contribution in [2.75, 3.05) is 18.4 Å². The number of amides is 2. The predicted octanol–water partition coefficient (Wildman–Crippen LogP) is 4.68. The Labute approximate surface area is 210 Å². The molecule has 1 saturated heterocycles. The summed E-state index contributed by atoms with van der Waals surface area (Å²) in [5.74, 6) is -0.426. The summed E-state index contributed by atoms with van der Waals surface area (Å²) in [6.07, 6.45) is 2.16. The minimum absolute atomic E-state index is 0.108. The number of piperazine rings is 1. The number of hydrogen-bond donors (Lipinski definition) is 3. The Kier molecular flexibility index (Phi) is 6.26. The van der Waals surface area contributed by atoms with Gasteiger partial charge in [0.15, 0.2) is 0 Å². The molecule has 186 valence electrons. The van der Waals surface area contributed by atoms with Crippen LogP contribution in [0.2, 0.25) is 0 Å². The molecule has 0 saturated carbocycles. The molecular weight excluding hydrogens is 455 g/mol. The van der Waals surface area contributed by atoms with Gasteiger partial charge in [0, 0.05) is 47.8 Å². The summed E-state index contributed by atoms with van der Waals surface area (Å²) in [5, 5.41) is 6.40. The summed E-state index contributed by atoms with van der Waals surface area (Å²) in [6.45, 7) is 9.52. The van der Waals surface area contributed by atoms with Crippen LogP contribution in [0.3, 0.4) is 0 Å². The summed E-state index contributed by atoms with van der Waals surface area (Å²) in [5.41, 5.74) is 7.08. The van der Waals surface area contributed by atoms with E-state index in [2.05, 4.69) is 29.5 Å². The van der Waals surface area contributed by atoms with Gasteiger partial charge >= 0.3 is 0 Å². The zero-order valence-electron chi connectivity index (χ0n) is 21.0. The van der Waals surface area contributed by atoms with E-state index in [-0.39, 0.29) is 29.7 Å². The van der Waals surface area contributed by atoms with Crippen molar-refractivity contribution in [1.29, 1.82) is 0 Å². The maximum Gasteiger partial charge on any atom is 0.256 e. The minimum Gasteiger partial charge on any atom is -0.359 e. The molecule has 0 bridgehead atoms. The Morgan fingerprint density at radius 2 is 1.83 bits per heavy atom. The van der Waals surface area contributed by atoms with E-state index < -0.39 is 0 Å². The number of aromatic amines is 1. The van der Waals surface area contributed by atoms with E-state index >= 15 is 0 Å². The van der Waals surface area contributed by atoms with E-state index in [1.165, 1.54) is 12.1 Å². The lowest BCUT2D eigenvalue weighted by Crippen LogP contribution is -2.56. The Balaban J connectivity index is 1.49. The smallest absolute Gasteiger partial charge is 0.256 e. The van der Waals surface area contributed by atoms with Crippen molar-refractivity contribution in [3.63, 3.8) is 0 Å². The average Bonchev–Trinajstić information content (AvgIpc) is 3.28. The molecule has 2 aromatic carbocycles. The lowest BCUT2D eigenvalue weighted by molar-refractivity contribution is -0.132. The minimum atomic E-state index is -0.327. The number of benzene rings is 2. The lowest BCUT2D eigenvalue weighted by atomic mass is 9.94. The van der Waals surface area contributed by atoms with Gasteiger partial charge in [0.05, 0.1) is 12.0 Å². The number of rotatable bonds is 4. The molecule has 0 aliphatic carbocycles. The fourth-order valence-corrected chi connectivity index (χ4v) is 5.45. The molecule has 3 N–H and O–H groups in total. The molecule has 36 heavy (non-hydrogen) atoms. The summed E-state index contributed by atoms with van der Waals surface area (Å²) < 4.78 is 14.0. The van der Waals surface area contributed by atoms with E-state index in [1.807, 2.05) is 49.1 Å². The van der Waals surface area contributed by atoms with Crippen molar-refractivity contribution >= 4 is 29.2 Å². The monoisotopic (exact) mass is 486 g/mol. The van der Waals surface area contributed by atoms with Crippen LogP contribution in [0.15, 0.2) is 42.5 Å². The van der Waals surface area contributed by atoms with Gasteiger partial charge in [-0.15, -0.1) is 0 Å². The van der Waals surface area contributed by atoms with Gasteiger partial charge in [-0.25, -0.2) is 4.39 Å². The fourth-order valence-electron chi connectivity index (χ4n) is 5.45. The number of halogens is 1. The normalized spacial score (nSPS) is 20.5. The van der Waals surface area contributed by atoms with Crippen LogP contribution in [0.1, 0.15) is 41.9 Å². The predicted molar refractivity (Wildman–Crippen MR) is 141 cm³/mol. The SMILES string of the molecule is Cc1[nH]c(/C=C2\C(=O)Nc3cccc(-c4cccc(F)c4)c32)c(C)c1CC(=O)N1C[C@@H](C)N[C@@H](C)C1. The molecule has 6 nitrogen and oxygen atoms in total. The molecule has 7 heteroatoms. The highest BCUT2D eigenvalue weighted by atomic mass is 19.1. The average molecular weight is 487 g/mol. The Morgan fingerprint density at radius 1 is 1.11 bits per heavy atom. The quantitative estimate of drug-likeness (QED) is 0.469. The van der Waals surface area contributed by atoms with Crippen molar-refractivity contribution in [2.45, 2.75) is 46.2 Å². The summed E-state index contributed by atoms with van der Waals surface area (Å²) >= 11 is 0. The second-order valence-corrected chi connectivity index (χ2v) is 9.96. The van der Waals surface area contributed by atoms with E-state index in [9.17, 15) is 14.0 Å². The van der Waals surface area contributed by atoms with Crippen LogP contribution in [-0.2, 0) is 16.0 Å². The Bertz CT molecular complexity index is 1380. The second-order valence-electron chi connectivity index (χ2n) is 9.96. The summed E-state index contributed by atoms with van der Waals surface area (Å²) in [4.78, 5) is 31.5. The van der Waals surface area contributed by atoms with Crippen LogP contribution in [0.4, 0.5) is 10.1 Å². The van der Waals surface area contributed by atoms with E-state index in [1.54, 1.807) is 6.07 Å². The first kappa shape index (κ1) is 24.0. The standard InChI is InChI=1S/C29H31FN4O2/c1-16-14-34(15-17(2)31-16)27(35)13-23-18(3)26(32-19(23)4)12-24-28-22(20-7-5-8-21(30)11-20)9-6-10-25(28)33-29(24)36/h5-12,16-17,31-32H,13-15H2,1-4H3,(H,33,36)/b24-12-/t16-,17+. The first-order valence-electron chi connectivity index (χ1n) is 12.4. The maximum absolute atomic E-state index is 14.0. The number of fused-ring (bicyclic) bond motifs is 1. The highest BCUT2D eigenvalue weighted by Gasteiger charge is 2.29. The molecule has 3 aromatic rings. The fraction of sp³-hybridized carbons (Fsp3) is 0.310. The van der Waals surface area contributed by atoms with E-state index in [0.717, 1.165) is 33.6 Å². The number of anilines is 1. The molecule has 0 radical (unpaired) electrons. The molecular formula is C29H31FN4O2. The van der Waals surface area contributed by atoms with Crippen molar-refractivity contribution < 1.29 is 14.0 Å². The second kappa shape index (κ2) is 9.39. The van der Waals surface area contributed by atoms with Crippen molar-refractivity contribution in [3.05, 3.63) is 76.4 Å². The lowest BCUT2D eigenvalue weighted by Gasteiger charge is -2.36. The molecule has 2 atom stereocenters. The molecule has 1 aromatic heterocycles. The number of H-pyrrole nitrogens is 1. The number of aryl methyl sites for hydroxylation is 1. The molecule has 2 aliphatic rings. The topological polar surface area (TPSA) is 77.2 Å². The van der Waals surface area contributed by atoms with Crippen LogP contribution >= 0.6 is 0 Å². The molecule has 3 heterocycles. The number of carbonyl (C=O) groups excluding carboxylic acids is 2. The van der Waals surface area contributed by atoms with Gasteiger partial charge in [-0.05, 0) is 74.2 Å². The van der Waals surface area contributed by atoms with Crippen LogP contribution in [0.25, 0.3) is 22.8 Å². The number of nitrogens with zero attached hydrogens (tertiary/aromatic N) is 1. The van der Waals surface area contributed by atoms with Crippen LogP contribution in [0, 0.1) is 19.7 Å². The number of aromatic nitrogens is 1. The van der Waals surface area contributed by atoms with Crippen molar-refractivity contribution in [1.82, 2.24) is 15.2 Å². The number of carbonyl (C=O) groups is 2. The van der Waals surface area contributed by atoms with Crippen LogP contribution in [-0.4, -0.2) is 46.9 Å². The van der Waals surface area contributed by atoms with Gasteiger partial charge in [0.2, 0.25) is 5.91 Å². The zero-order chi connectivity index (χ0) is 25.6. The highest BCUT2D eigenvalue weighted by molar-refractivity contribution is 6.36.